The Morgan fingerprint density at radius 2 is 2.22 bits per heavy atom. The van der Waals surface area contributed by atoms with Crippen LogP contribution in [0, 0.1) is 5.82 Å². The van der Waals surface area contributed by atoms with Crippen molar-refractivity contribution in [2.75, 3.05) is 25.9 Å². The van der Waals surface area contributed by atoms with Gasteiger partial charge in [-0.15, -0.1) is 0 Å². The summed E-state index contributed by atoms with van der Waals surface area (Å²) in [6.07, 6.45) is 1.96. The maximum absolute atomic E-state index is 14.1. The molecule has 27 heavy (non-hydrogen) atoms. The number of hydrogen-bond acceptors (Lipinski definition) is 5. The number of anilines is 1. The number of likely N-dealkylation sites (tertiary alicyclic amines) is 1. The Morgan fingerprint density at radius 3 is 3.04 bits per heavy atom. The second-order valence-electron chi connectivity index (χ2n) is 6.68. The summed E-state index contributed by atoms with van der Waals surface area (Å²) in [4.78, 5) is 19.1. The Hall–Kier alpha value is -2.51. The van der Waals surface area contributed by atoms with E-state index in [2.05, 4.69) is 4.98 Å². The first-order valence-corrected chi connectivity index (χ1v) is 9.65. The van der Waals surface area contributed by atoms with Gasteiger partial charge >= 0.3 is 0 Å². The number of ether oxygens (including phenoxy) is 1. The van der Waals surface area contributed by atoms with Gasteiger partial charge in [-0.25, -0.2) is 9.37 Å². The smallest absolute Gasteiger partial charge is 0.253 e. The lowest BCUT2D eigenvalue weighted by molar-refractivity contribution is 0.0269. The van der Waals surface area contributed by atoms with Crippen LogP contribution in [0.15, 0.2) is 36.4 Å². The lowest BCUT2D eigenvalue weighted by Gasteiger charge is -2.32. The standard InChI is InChI=1S/C20H20FN3O2S/c1-26-15-6-3-7-24(11-15)19(25)13-5-2-4-12(8-13)16-9-14(21)10-17-18(16)23-20(22)27-17/h2,4-5,8-10,15H,3,6-7,11H2,1H3,(H2,22,23)/t15-/m0/s1. The molecule has 2 heterocycles. The highest BCUT2D eigenvalue weighted by Crippen LogP contribution is 2.34. The number of nitrogens with two attached hydrogens (primary N) is 1. The number of hydrogen-bond donors (Lipinski definition) is 1. The highest BCUT2D eigenvalue weighted by Gasteiger charge is 2.24. The number of aromatic nitrogens is 1. The zero-order valence-corrected chi connectivity index (χ0v) is 15.8. The van der Waals surface area contributed by atoms with Crippen LogP contribution in [-0.4, -0.2) is 42.1 Å². The van der Waals surface area contributed by atoms with Crippen LogP contribution < -0.4 is 5.73 Å². The molecule has 4 rings (SSSR count). The summed E-state index contributed by atoms with van der Waals surface area (Å²) >= 11 is 1.25. The maximum atomic E-state index is 14.1. The molecule has 0 aliphatic carbocycles. The summed E-state index contributed by atoms with van der Waals surface area (Å²) in [5, 5.41) is 0.392. The highest BCUT2D eigenvalue weighted by atomic mass is 32.1. The molecule has 0 saturated carbocycles. The molecule has 2 aromatic carbocycles. The minimum absolute atomic E-state index is 0.0379. The summed E-state index contributed by atoms with van der Waals surface area (Å²) in [6, 6.07) is 10.1. The van der Waals surface area contributed by atoms with E-state index >= 15 is 0 Å². The lowest BCUT2D eigenvalue weighted by Crippen LogP contribution is -2.42. The van der Waals surface area contributed by atoms with Gasteiger partial charge in [-0.3, -0.25) is 4.79 Å². The van der Waals surface area contributed by atoms with Crippen molar-refractivity contribution in [3.63, 3.8) is 0 Å². The van der Waals surface area contributed by atoms with Crippen molar-refractivity contribution in [2.24, 2.45) is 0 Å². The van der Waals surface area contributed by atoms with Gasteiger partial charge in [0.1, 0.15) is 5.82 Å². The molecular weight excluding hydrogens is 365 g/mol. The summed E-state index contributed by atoms with van der Waals surface area (Å²) in [6.45, 7) is 1.31. The number of halogens is 1. The average molecular weight is 385 g/mol. The molecule has 7 heteroatoms. The Balaban J connectivity index is 1.70. The molecule has 3 aromatic rings. The first-order chi connectivity index (χ1) is 13.0. The average Bonchev–Trinajstić information content (AvgIpc) is 3.06. The number of rotatable bonds is 3. The number of nitrogens with zero attached hydrogens (tertiary/aromatic N) is 2. The van der Waals surface area contributed by atoms with Crippen molar-refractivity contribution in [3.05, 3.63) is 47.8 Å². The van der Waals surface area contributed by atoms with Gasteiger partial charge in [-0.05, 0) is 42.7 Å². The van der Waals surface area contributed by atoms with Gasteiger partial charge in [0, 0.05) is 31.3 Å². The second kappa shape index (κ2) is 7.25. The van der Waals surface area contributed by atoms with E-state index in [-0.39, 0.29) is 17.8 Å². The molecule has 140 valence electrons. The summed E-state index contributed by atoms with van der Waals surface area (Å²) < 4.78 is 20.2. The molecule has 5 nitrogen and oxygen atoms in total. The monoisotopic (exact) mass is 385 g/mol. The van der Waals surface area contributed by atoms with Crippen molar-refractivity contribution in [2.45, 2.75) is 18.9 Å². The maximum Gasteiger partial charge on any atom is 0.253 e. The Kier molecular flexibility index (Phi) is 4.80. The zero-order valence-electron chi connectivity index (χ0n) is 14.9. The Bertz CT molecular complexity index is 1000. The molecule has 0 unspecified atom stereocenters. The Labute approximate surface area is 160 Å². The number of carbonyl (C=O) groups excluding carboxylic acids is 1. The fourth-order valence-electron chi connectivity index (χ4n) is 3.55. The van der Waals surface area contributed by atoms with Gasteiger partial charge in [0.15, 0.2) is 5.13 Å². The van der Waals surface area contributed by atoms with E-state index in [1.165, 1.54) is 23.5 Å². The third kappa shape index (κ3) is 3.52. The SMILES string of the molecule is CO[C@H]1CCCN(C(=O)c2cccc(-c3cc(F)cc4sc(N)nc34)c2)C1. The third-order valence-electron chi connectivity index (χ3n) is 4.90. The van der Waals surface area contributed by atoms with E-state index in [0.717, 1.165) is 24.9 Å². The van der Waals surface area contributed by atoms with Crippen molar-refractivity contribution in [3.8, 4) is 11.1 Å². The quantitative estimate of drug-likeness (QED) is 0.742. The zero-order chi connectivity index (χ0) is 19.0. The van der Waals surface area contributed by atoms with Gasteiger partial charge in [-0.1, -0.05) is 23.5 Å². The molecule has 0 bridgehead atoms. The number of amides is 1. The molecule has 1 aromatic heterocycles. The van der Waals surface area contributed by atoms with Crippen LogP contribution in [0.1, 0.15) is 23.2 Å². The van der Waals surface area contributed by atoms with Crippen LogP contribution in [-0.2, 0) is 4.74 Å². The third-order valence-corrected chi connectivity index (χ3v) is 5.73. The van der Waals surface area contributed by atoms with E-state index in [9.17, 15) is 9.18 Å². The number of thiazole rings is 1. The van der Waals surface area contributed by atoms with Crippen molar-refractivity contribution >= 4 is 32.6 Å². The number of piperidine rings is 1. The van der Waals surface area contributed by atoms with Crippen LogP contribution in [0.5, 0.6) is 0 Å². The number of methoxy groups -OCH3 is 1. The van der Waals surface area contributed by atoms with E-state index < -0.39 is 0 Å². The predicted octanol–water partition coefficient (Wildman–Crippen LogP) is 3.94. The van der Waals surface area contributed by atoms with E-state index in [1.807, 2.05) is 17.0 Å². The topological polar surface area (TPSA) is 68.5 Å². The van der Waals surface area contributed by atoms with Crippen LogP contribution in [0.25, 0.3) is 21.3 Å². The minimum atomic E-state index is -0.350. The summed E-state index contributed by atoms with van der Waals surface area (Å²) in [7, 11) is 1.67. The van der Waals surface area contributed by atoms with Crippen LogP contribution in [0.3, 0.4) is 0 Å². The molecule has 1 atom stereocenters. The highest BCUT2D eigenvalue weighted by molar-refractivity contribution is 7.22. The Morgan fingerprint density at radius 1 is 1.37 bits per heavy atom. The van der Waals surface area contributed by atoms with Gasteiger partial charge in [0.05, 0.1) is 16.3 Å². The van der Waals surface area contributed by atoms with Crippen LogP contribution in [0.2, 0.25) is 0 Å². The number of carbonyl (C=O) groups is 1. The molecule has 2 N–H and O–H groups in total. The first-order valence-electron chi connectivity index (χ1n) is 8.83. The summed E-state index contributed by atoms with van der Waals surface area (Å²) in [5.41, 5.74) is 8.42. The van der Waals surface area contributed by atoms with E-state index in [4.69, 9.17) is 10.5 Å². The van der Waals surface area contributed by atoms with E-state index in [0.29, 0.717) is 33.0 Å². The van der Waals surface area contributed by atoms with Crippen LogP contribution >= 0.6 is 11.3 Å². The molecule has 1 amide bonds. The van der Waals surface area contributed by atoms with E-state index in [1.54, 1.807) is 19.2 Å². The molecular formula is C20H20FN3O2S. The van der Waals surface area contributed by atoms with Gasteiger partial charge < -0.3 is 15.4 Å². The number of benzene rings is 2. The summed E-state index contributed by atoms with van der Waals surface area (Å²) in [5.74, 6) is -0.388. The largest absolute Gasteiger partial charge is 0.380 e. The van der Waals surface area contributed by atoms with Crippen molar-refractivity contribution in [1.29, 1.82) is 0 Å². The second-order valence-corrected chi connectivity index (χ2v) is 7.75. The molecule has 1 saturated heterocycles. The molecule has 1 aliphatic rings. The normalized spacial score (nSPS) is 17.4. The number of fused-ring (bicyclic) bond motifs is 1. The van der Waals surface area contributed by atoms with Crippen LogP contribution in [0.4, 0.5) is 9.52 Å². The van der Waals surface area contributed by atoms with Gasteiger partial charge in [-0.2, -0.15) is 0 Å². The molecule has 0 spiro atoms. The van der Waals surface area contributed by atoms with Gasteiger partial charge in [0.25, 0.3) is 5.91 Å². The molecule has 0 radical (unpaired) electrons. The minimum Gasteiger partial charge on any atom is -0.380 e. The predicted molar refractivity (Wildman–Crippen MR) is 105 cm³/mol. The van der Waals surface area contributed by atoms with Crippen molar-refractivity contribution in [1.82, 2.24) is 9.88 Å². The lowest BCUT2D eigenvalue weighted by atomic mass is 10.0. The molecule has 1 fully saturated rings. The molecule has 1 aliphatic heterocycles. The first kappa shape index (κ1) is 17.9. The fourth-order valence-corrected chi connectivity index (χ4v) is 4.34. The van der Waals surface area contributed by atoms with Gasteiger partial charge in [0.2, 0.25) is 0 Å². The fraction of sp³-hybridized carbons (Fsp3) is 0.300. The van der Waals surface area contributed by atoms with Crippen molar-refractivity contribution < 1.29 is 13.9 Å². The number of nitrogen functional groups attached to an aromatic ring is 1.